The molecular formula is C34H43N6O10P. The smallest absolute Gasteiger partial charge is 0.459 e. The van der Waals surface area contributed by atoms with Crippen LogP contribution in [0, 0.1) is 29.1 Å². The largest absolute Gasteiger partial charge is 0.464 e. The molecule has 274 valence electrons. The molecule has 2 aliphatic rings. The first kappa shape index (κ1) is 37.7. The van der Waals surface area contributed by atoms with Crippen molar-refractivity contribution in [3.8, 4) is 11.8 Å². The van der Waals surface area contributed by atoms with Crippen LogP contribution in [0.15, 0.2) is 48.8 Å². The molecule has 2 aromatic heterocycles. The van der Waals surface area contributed by atoms with Gasteiger partial charge in [-0.3, -0.25) is 18.9 Å². The van der Waals surface area contributed by atoms with Gasteiger partial charge >= 0.3 is 25.7 Å². The molecule has 3 aromatic rings. The number of nitrogens with two attached hydrogens (primary N) is 1. The predicted octanol–water partition coefficient (Wildman–Crippen LogP) is 4.09. The van der Waals surface area contributed by atoms with Gasteiger partial charge in [0.05, 0.1) is 30.7 Å². The number of carbonyl (C=O) groups excluding carboxylic acids is 3. The van der Waals surface area contributed by atoms with E-state index in [0.717, 1.165) is 19.3 Å². The van der Waals surface area contributed by atoms with Crippen molar-refractivity contribution in [2.75, 3.05) is 18.9 Å². The number of aromatic nitrogens is 3. The zero-order chi connectivity index (χ0) is 36.9. The molecule has 16 nitrogen and oxygen atoms in total. The summed E-state index contributed by atoms with van der Waals surface area (Å²) >= 11 is 0. The van der Waals surface area contributed by atoms with Crippen LogP contribution in [0.4, 0.5) is 5.82 Å². The molecule has 1 saturated heterocycles. The van der Waals surface area contributed by atoms with Crippen molar-refractivity contribution in [3.05, 3.63) is 54.5 Å². The minimum atomic E-state index is -4.45. The maximum atomic E-state index is 14.4. The lowest BCUT2D eigenvalue weighted by Crippen LogP contribution is -2.47. The second-order valence-electron chi connectivity index (χ2n) is 13.2. The third-order valence-corrected chi connectivity index (χ3v) is 10.3. The summed E-state index contributed by atoms with van der Waals surface area (Å²) in [7, 11) is -4.45. The number of benzene rings is 1. The van der Waals surface area contributed by atoms with E-state index in [1.165, 1.54) is 23.8 Å². The third-order valence-electron chi connectivity index (χ3n) is 8.64. The summed E-state index contributed by atoms with van der Waals surface area (Å²) in [5.41, 5.74) is 4.34. The Bertz CT molecular complexity index is 1810. The fraction of sp³-hybridized carbons (Fsp3) is 0.529. The molecule has 1 unspecified atom stereocenters. The number of fused-ring (bicyclic) bond motifs is 1. The second-order valence-corrected chi connectivity index (χ2v) is 14.9. The van der Waals surface area contributed by atoms with E-state index < -0.39 is 74.1 Å². The van der Waals surface area contributed by atoms with Crippen LogP contribution in [0.25, 0.3) is 5.52 Å². The average molecular weight is 727 g/mol. The molecule has 1 aromatic carbocycles. The van der Waals surface area contributed by atoms with E-state index in [1.54, 1.807) is 64.1 Å². The molecular weight excluding hydrogens is 683 g/mol. The number of nitrogens with one attached hydrogen (secondary N) is 1. The first-order valence-corrected chi connectivity index (χ1v) is 18.3. The van der Waals surface area contributed by atoms with Crippen LogP contribution in [0.5, 0.6) is 5.75 Å². The summed E-state index contributed by atoms with van der Waals surface area (Å²) < 4.78 is 51.1. The van der Waals surface area contributed by atoms with Crippen LogP contribution in [0.2, 0.25) is 0 Å². The highest BCUT2D eigenvalue weighted by molar-refractivity contribution is 7.52. The average Bonchev–Trinajstić information content (AvgIpc) is 3.64. The minimum Gasteiger partial charge on any atom is -0.464 e. The lowest BCUT2D eigenvalue weighted by atomic mass is 9.86. The SMILES string of the molecule is CC(C)C(=O)O[C@H]1[C@@H](OC(=O)C(C)C)[C@](C#N)(c2ccc3c(N)ncnn23)O[C@@H]1COP(=O)(N[C@@H](C)C(=O)OCC1CCC1)Oc1ccccc1. The maximum Gasteiger partial charge on any atom is 0.459 e. The molecule has 1 saturated carbocycles. The van der Waals surface area contributed by atoms with Gasteiger partial charge in [-0.25, -0.2) is 14.1 Å². The van der Waals surface area contributed by atoms with Crippen molar-refractivity contribution in [2.24, 2.45) is 17.8 Å². The molecule has 0 bridgehead atoms. The van der Waals surface area contributed by atoms with Crippen molar-refractivity contribution in [2.45, 2.75) is 83.8 Å². The first-order chi connectivity index (χ1) is 24.3. The number of esters is 3. The number of carbonyl (C=O) groups is 3. The molecule has 0 radical (unpaired) electrons. The van der Waals surface area contributed by atoms with E-state index >= 15 is 0 Å². The molecule has 5 rings (SSSR count). The Morgan fingerprint density at radius 2 is 1.73 bits per heavy atom. The molecule has 2 fully saturated rings. The van der Waals surface area contributed by atoms with E-state index in [-0.39, 0.29) is 29.8 Å². The van der Waals surface area contributed by atoms with Gasteiger partial charge in [-0.15, -0.1) is 0 Å². The molecule has 0 spiro atoms. The van der Waals surface area contributed by atoms with Gasteiger partial charge in [0.15, 0.2) is 18.0 Å². The zero-order valence-electron chi connectivity index (χ0n) is 29.1. The fourth-order valence-corrected chi connectivity index (χ4v) is 6.99. The first-order valence-electron chi connectivity index (χ1n) is 16.8. The number of anilines is 1. The van der Waals surface area contributed by atoms with Gasteiger partial charge in [0.25, 0.3) is 0 Å². The molecule has 3 N–H and O–H groups in total. The van der Waals surface area contributed by atoms with Gasteiger partial charge in [-0.1, -0.05) is 52.3 Å². The number of para-hydroxylation sites is 1. The summed E-state index contributed by atoms with van der Waals surface area (Å²) in [5, 5.41) is 17.7. The van der Waals surface area contributed by atoms with Crippen LogP contribution in [-0.4, -0.2) is 70.1 Å². The quantitative estimate of drug-likeness (QED) is 0.128. The van der Waals surface area contributed by atoms with Crippen LogP contribution < -0.4 is 15.3 Å². The number of rotatable bonds is 15. The van der Waals surface area contributed by atoms with E-state index in [0.29, 0.717) is 5.52 Å². The normalized spacial score (nSPS) is 23.6. The van der Waals surface area contributed by atoms with E-state index in [9.17, 15) is 24.2 Å². The van der Waals surface area contributed by atoms with Gasteiger partial charge in [0.2, 0.25) is 5.60 Å². The van der Waals surface area contributed by atoms with E-state index in [2.05, 4.69) is 21.2 Å². The summed E-state index contributed by atoms with van der Waals surface area (Å²) in [6.07, 6.45) is -0.207. The Morgan fingerprint density at radius 3 is 2.35 bits per heavy atom. The fourth-order valence-electron chi connectivity index (χ4n) is 5.49. The highest BCUT2D eigenvalue weighted by atomic mass is 31.2. The summed E-state index contributed by atoms with van der Waals surface area (Å²) in [5.74, 6) is -2.79. The molecule has 17 heteroatoms. The summed E-state index contributed by atoms with van der Waals surface area (Å²) in [4.78, 5) is 43.2. The second kappa shape index (κ2) is 15.8. The van der Waals surface area contributed by atoms with E-state index in [4.69, 9.17) is 33.7 Å². The van der Waals surface area contributed by atoms with E-state index in [1.807, 2.05) is 0 Å². The lowest BCUT2D eigenvalue weighted by Gasteiger charge is -2.29. The third kappa shape index (κ3) is 8.34. The number of nitrogen functional groups attached to an aromatic ring is 1. The van der Waals surface area contributed by atoms with Crippen molar-refractivity contribution in [1.82, 2.24) is 19.7 Å². The Kier molecular flexibility index (Phi) is 11.7. The van der Waals surface area contributed by atoms with Crippen molar-refractivity contribution >= 4 is 37.0 Å². The zero-order valence-corrected chi connectivity index (χ0v) is 30.0. The number of hydrogen-bond donors (Lipinski definition) is 2. The van der Waals surface area contributed by atoms with Crippen molar-refractivity contribution in [3.63, 3.8) is 0 Å². The Labute approximate surface area is 295 Å². The molecule has 6 atom stereocenters. The number of hydrogen-bond acceptors (Lipinski definition) is 14. The van der Waals surface area contributed by atoms with Gasteiger partial charge in [-0.2, -0.15) is 15.4 Å². The van der Waals surface area contributed by atoms with Crippen LogP contribution in [0.3, 0.4) is 0 Å². The highest BCUT2D eigenvalue weighted by Gasteiger charge is 2.63. The predicted molar refractivity (Wildman–Crippen MR) is 181 cm³/mol. The maximum absolute atomic E-state index is 14.4. The molecule has 1 aliphatic carbocycles. The molecule has 3 heterocycles. The van der Waals surface area contributed by atoms with Crippen molar-refractivity contribution in [1.29, 1.82) is 5.26 Å². The number of nitrogens with zero attached hydrogens (tertiary/aromatic N) is 4. The molecule has 0 amide bonds. The van der Waals surface area contributed by atoms with Gasteiger partial charge in [-0.05, 0) is 49.9 Å². The Morgan fingerprint density at radius 1 is 1.04 bits per heavy atom. The van der Waals surface area contributed by atoms with Crippen LogP contribution >= 0.6 is 7.75 Å². The number of nitriles is 1. The summed E-state index contributed by atoms with van der Waals surface area (Å²) in [6, 6.07) is 12.2. The standard InChI is InChI=1S/C34H43N6O10P/c1-20(2)31(41)47-28-26(17-46-51(44,50-24-12-7-6-8-13-24)39-22(5)33(43)45-16-23-10-9-11-23)49-34(18-35,29(28)48-32(42)21(3)4)27-15-14-25-30(36)37-19-38-40(25)27/h6-8,12-15,19-23,26,28-29H,9-11,16-17H2,1-5H3,(H,39,44)(H2,36,37,38)/t22-,26+,28+,29+,34-,51?/m0/s1. The lowest BCUT2D eigenvalue weighted by molar-refractivity contribution is -0.173. The Hall–Kier alpha value is -4.55. The monoisotopic (exact) mass is 726 g/mol. The molecule has 51 heavy (non-hydrogen) atoms. The minimum absolute atomic E-state index is 0.0911. The van der Waals surface area contributed by atoms with Crippen molar-refractivity contribution < 1.29 is 46.9 Å². The Balaban J connectivity index is 1.51. The van der Waals surface area contributed by atoms with Gasteiger partial charge in [0, 0.05) is 0 Å². The highest BCUT2D eigenvalue weighted by Crippen LogP contribution is 2.48. The van der Waals surface area contributed by atoms with Crippen LogP contribution in [-0.2, 0) is 48.0 Å². The van der Waals surface area contributed by atoms with Gasteiger partial charge in [0.1, 0.15) is 35.8 Å². The van der Waals surface area contributed by atoms with Crippen LogP contribution in [0.1, 0.15) is 59.6 Å². The van der Waals surface area contributed by atoms with Gasteiger partial charge < -0.3 is 29.2 Å². The summed E-state index contributed by atoms with van der Waals surface area (Å²) in [6.45, 7) is 7.48. The number of ether oxygens (including phenoxy) is 4. The molecule has 1 aliphatic heterocycles. The topological polar surface area (TPSA) is 216 Å².